The molecule has 1 saturated carbocycles. The number of nitrogens with one attached hydrogen (secondary N) is 2. The number of benzene rings is 2. The van der Waals surface area contributed by atoms with E-state index in [1.807, 2.05) is 36.4 Å². The van der Waals surface area contributed by atoms with Crippen molar-refractivity contribution in [3.63, 3.8) is 0 Å². The Morgan fingerprint density at radius 1 is 1.07 bits per heavy atom. The van der Waals surface area contributed by atoms with Crippen LogP contribution >= 0.6 is 24.0 Å². The van der Waals surface area contributed by atoms with E-state index >= 15 is 0 Å². The summed E-state index contributed by atoms with van der Waals surface area (Å²) in [4.78, 5) is 16.5. The number of halogens is 1. The smallest absolute Gasteiger partial charge is 0.227 e. The van der Waals surface area contributed by atoms with E-state index in [0.717, 1.165) is 42.6 Å². The molecule has 0 radical (unpaired) electrons. The SMILES string of the molecule is CCc1cccc(NC(N)=NCc2cccc(NC(=O)C3CCC3)c2)c1.I. The van der Waals surface area contributed by atoms with Crippen LogP contribution in [0.15, 0.2) is 53.5 Å². The topological polar surface area (TPSA) is 79.5 Å². The van der Waals surface area contributed by atoms with Crippen LogP contribution in [0.1, 0.15) is 37.3 Å². The van der Waals surface area contributed by atoms with Crippen LogP contribution in [-0.2, 0) is 17.8 Å². The van der Waals surface area contributed by atoms with Gasteiger partial charge in [-0.2, -0.15) is 0 Å². The summed E-state index contributed by atoms with van der Waals surface area (Å²) in [5, 5.41) is 6.11. The van der Waals surface area contributed by atoms with Crippen LogP contribution in [0.3, 0.4) is 0 Å². The van der Waals surface area contributed by atoms with Crippen molar-refractivity contribution in [2.75, 3.05) is 10.6 Å². The summed E-state index contributed by atoms with van der Waals surface area (Å²) in [6.07, 6.45) is 4.13. The highest BCUT2D eigenvalue weighted by Gasteiger charge is 2.25. The molecule has 0 spiro atoms. The summed E-state index contributed by atoms with van der Waals surface area (Å²) in [6.45, 7) is 2.58. The van der Waals surface area contributed by atoms with E-state index in [0.29, 0.717) is 12.5 Å². The van der Waals surface area contributed by atoms with E-state index in [-0.39, 0.29) is 35.8 Å². The number of guanidine groups is 1. The highest BCUT2D eigenvalue weighted by molar-refractivity contribution is 14.0. The second kappa shape index (κ2) is 10.3. The fourth-order valence-corrected chi connectivity index (χ4v) is 2.90. The molecule has 0 saturated heterocycles. The predicted octanol–water partition coefficient (Wildman–Crippen LogP) is 4.53. The van der Waals surface area contributed by atoms with E-state index in [1.54, 1.807) is 0 Å². The van der Waals surface area contributed by atoms with Crippen molar-refractivity contribution >= 4 is 47.2 Å². The van der Waals surface area contributed by atoms with Gasteiger partial charge in [0.25, 0.3) is 0 Å². The number of amides is 1. The number of carbonyl (C=O) groups is 1. The molecule has 144 valence electrons. The van der Waals surface area contributed by atoms with Crippen LogP contribution in [0, 0.1) is 5.92 Å². The van der Waals surface area contributed by atoms with Crippen molar-refractivity contribution < 1.29 is 4.79 Å². The monoisotopic (exact) mass is 478 g/mol. The zero-order valence-corrected chi connectivity index (χ0v) is 17.9. The molecule has 4 N–H and O–H groups in total. The number of hydrogen-bond acceptors (Lipinski definition) is 2. The van der Waals surface area contributed by atoms with Crippen LogP contribution in [0.5, 0.6) is 0 Å². The molecule has 0 aliphatic heterocycles. The average Bonchev–Trinajstić information content (AvgIpc) is 2.59. The van der Waals surface area contributed by atoms with Crippen molar-refractivity contribution in [2.24, 2.45) is 16.6 Å². The Balaban J connectivity index is 0.00000261. The largest absolute Gasteiger partial charge is 0.370 e. The Morgan fingerprint density at radius 2 is 1.70 bits per heavy atom. The van der Waals surface area contributed by atoms with Crippen LogP contribution in [0.4, 0.5) is 11.4 Å². The zero-order valence-electron chi connectivity index (χ0n) is 15.6. The van der Waals surface area contributed by atoms with Gasteiger partial charge in [-0.05, 0) is 54.7 Å². The summed E-state index contributed by atoms with van der Waals surface area (Å²) in [5.41, 5.74) is 10.0. The number of carbonyl (C=O) groups excluding carboxylic acids is 1. The Hall–Kier alpha value is -2.09. The van der Waals surface area contributed by atoms with Gasteiger partial charge in [0.15, 0.2) is 5.96 Å². The summed E-state index contributed by atoms with van der Waals surface area (Å²) >= 11 is 0. The third-order valence-electron chi connectivity index (χ3n) is 4.71. The molecule has 2 aromatic rings. The van der Waals surface area contributed by atoms with Crippen molar-refractivity contribution in [2.45, 2.75) is 39.2 Å². The molecular formula is C21H27IN4O. The summed E-state index contributed by atoms with van der Waals surface area (Å²) in [7, 11) is 0. The van der Waals surface area contributed by atoms with Gasteiger partial charge in [-0.25, -0.2) is 4.99 Å². The first-order valence-corrected chi connectivity index (χ1v) is 9.19. The molecule has 6 heteroatoms. The van der Waals surface area contributed by atoms with Gasteiger partial charge in [0.1, 0.15) is 0 Å². The molecule has 1 aliphatic rings. The lowest BCUT2D eigenvalue weighted by atomic mass is 9.85. The van der Waals surface area contributed by atoms with Gasteiger partial charge in [0.05, 0.1) is 6.54 Å². The first-order valence-electron chi connectivity index (χ1n) is 9.19. The second-order valence-electron chi connectivity index (χ2n) is 6.70. The molecular weight excluding hydrogens is 451 g/mol. The number of aliphatic imine (C=N–C) groups is 1. The maximum Gasteiger partial charge on any atom is 0.227 e. The lowest BCUT2D eigenvalue weighted by Crippen LogP contribution is -2.28. The summed E-state index contributed by atoms with van der Waals surface area (Å²) in [5.74, 6) is 0.673. The summed E-state index contributed by atoms with van der Waals surface area (Å²) < 4.78 is 0. The lowest BCUT2D eigenvalue weighted by molar-refractivity contribution is -0.122. The molecule has 5 nitrogen and oxygen atoms in total. The van der Waals surface area contributed by atoms with E-state index in [1.165, 1.54) is 5.56 Å². The van der Waals surface area contributed by atoms with Crippen LogP contribution in [-0.4, -0.2) is 11.9 Å². The van der Waals surface area contributed by atoms with E-state index in [9.17, 15) is 4.79 Å². The molecule has 1 aliphatic carbocycles. The number of nitrogens with two attached hydrogens (primary N) is 1. The second-order valence-corrected chi connectivity index (χ2v) is 6.70. The normalized spacial score (nSPS) is 14.0. The van der Waals surface area contributed by atoms with Gasteiger partial charge >= 0.3 is 0 Å². The van der Waals surface area contributed by atoms with Gasteiger partial charge in [0.2, 0.25) is 5.91 Å². The maximum absolute atomic E-state index is 12.1. The number of aryl methyl sites for hydroxylation is 1. The summed E-state index contributed by atoms with van der Waals surface area (Å²) in [6, 6.07) is 15.9. The third-order valence-corrected chi connectivity index (χ3v) is 4.71. The van der Waals surface area contributed by atoms with Gasteiger partial charge in [-0.1, -0.05) is 37.6 Å². The molecule has 0 atom stereocenters. The molecule has 2 aromatic carbocycles. The zero-order chi connectivity index (χ0) is 18.4. The van der Waals surface area contributed by atoms with Crippen molar-refractivity contribution in [3.8, 4) is 0 Å². The van der Waals surface area contributed by atoms with E-state index in [4.69, 9.17) is 5.73 Å². The highest BCUT2D eigenvalue weighted by Crippen LogP contribution is 2.27. The molecule has 27 heavy (non-hydrogen) atoms. The predicted molar refractivity (Wildman–Crippen MR) is 123 cm³/mol. The fourth-order valence-electron chi connectivity index (χ4n) is 2.90. The number of nitrogens with zero attached hydrogens (tertiary/aromatic N) is 1. The van der Waals surface area contributed by atoms with Gasteiger partial charge in [-0.3, -0.25) is 4.79 Å². The van der Waals surface area contributed by atoms with Gasteiger partial charge in [-0.15, -0.1) is 24.0 Å². The van der Waals surface area contributed by atoms with Gasteiger partial charge in [0, 0.05) is 17.3 Å². The molecule has 1 fully saturated rings. The molecule has 1 amide bonds. The molecule has 0 unspecified atom stereocenters. The minimum absolute atomic E-state index is 0. The number of rotatable bonds is 6. The maximum atomic E-state index is 12.1. The van der Waals surface area contributed by atoms with Gasteiger partial charge < -0.3 is 16.4 Å². The molecule has 3 rings (SSSR count). The van der Waals surface area contributed by atoms with Crippen molar-refractivity contribution in [1.29, 1.82) is 0 Å². The van der Waals surface area contributed by atoms with Crippen LogP contribution in [0.25, 0.3) is 0 Å². The molecule has 0 heterocycles. The highest BCUT2D eigenvalue weighted by atomic mass is 127. The molecule has 0 bridgehead atoms. The first-order chi connectivity index (χ1) is 12.6. The van der Waals surface area contributed by atoms with Crippen molar-refractivity contribution in [3.05, 3.63) is 59.7 Å². The Labute approximate surface area is 177 Å². The van der Waals surface area contributed by atoms with Crippen LogP contribution < -0.4 is 16.4 Å². The van der Waals surface area contributed by atoms with E-state index in [2.05, 4.69) is 34.7 Å². The first kappa shape index (κ1) is 21.2. The Bertz CT molecular complexity index is 802. The third kappa shape index (κ3) is 6.23. The molecule has 0 aromatic heterocycles. The average molecular weight is 478 g/mol. The van der Waals surface area contributed by atoms with Crippen LogP contribution in [0.2, 0.25) is 0 Å². The number of hydrogen-bond donors (Lipinski definition) is 3. The lowest BCUT2D eigenvalue weighted by Gasteiger charge is -2.24. The quantitative estimate of drug-likeness (QED) is 0.324. The van der Waals surface area contributed by atoms with E-state index < -0.39 is 0 Å². The minimum Gasteiger partial charge on any atom is -0.370 e. The minimum atomic E-state index is 0. The Morgan fingerprint density at radius 3 is 2.33 bits per heavy atom. The fraction of sp³-hybridized carbons (Fsp3) is 0.333. The number of anilines is 2. The van der Waals surface area contributed by atoms with Crippen molar-refractivity contribution in [1.82, 2.24) is 0 Å². The Kier molecular flexibility index (Phi) is 8.09. The standard InChI is InChI=1S/C21H26N4O.HI/c1-2-15-6-3-11-19(12-15)25-21(22)23-14-16-7-4-10-18(13-16)24-20(26)17-8-5-9-17;/h3-4,6-7,10-13,17H,2,5,8-9,14H2,1H3,(H,24,26)(H3,22,23,25);1H.